The first-order valence-electron chi connectivity index (χ1n) is 14.8. The SMILES string of the molecule is CCCCCCCCCC(CCCCCCC[C@H]1C[C@H]1CCCCCCCC)N(C)C. The quantitative estimate of drug-likeness (QED) is 0.136. The first kappa shape index (κ1) is 29.0. The summed E-state index contributed by atoms with van der Waals surface area (Å²) in [6.45, 7) is 4.62. The Hall–Kier alpha value is -0.0400. The summed E-state index contributed by atoms with van der Waals surface area (Å²) in [5.41, 5.74) is 0. The highest BCUT2D eigenvalue weighted by molar-refractivity contribution is 4.85. The average molecular weight is 436 g/mol. The van der Waals surface area contributed by atoms with Crippen molar-refractivity contribution in [1.29, 1.82) is 0 Å². The van der Waals surface area contributed by atoms with E-state index < -0.39 is 0 Å². The minimum atomic E-state index is 0.824. The summed E-state index contributed by atoms with van der Waals surface area (Å²) >= 11 is 0. The fourth-order valence-electron chi connectivity index (χ4n) is 5.52. The van der Waals surface area contributed by atoms with E-state index in [1.54, 1.807) is 19.3 Å². The third-order valence-corrected chi connectivity index (χ3v) is 7.98. The maximum Gasteiger partial charge on any atom is 0.00891 e. The van der Waals surface area contributed by atoms with Gasteiger partial charge in [-0.25, -0.2) is 0 Å². The van der Waals surface area contributed by atoms with Crippen LogP contribution in [0.15, 0.2) is 0 Å². The monoisotopic (exact) mass is 435 g/mol. The summed E-state index contributed by atoms with van der Waals surface area (Å²) < 4.78 is 0. The predicted octanol–water partition coefficient (Wildman–Crippen LogP) is 10.2. The fourth-order valence-corrected chi connectivity index (χ4v) is 5.52. The van der Waals surface area contributed by atoms with Gasteiger partial charge in [-0.1, -0.05) is 142 Å². The van der Waals surface area contributed by atoms with Gasteiger partial charge in [-0.15, -0.1) is 0 Å². The van der Waals surface area contributed by atoms with Crippen molar-refractivity contribution in [2.75, 3.05) is 14.1 Å². The molecule has 1 saturated carbocycles. The number of hydrogen-bond acceptors (Lipinski definition) is 1. The van der Waals surface area contributed by atoms with Gasteiger partial charge in [0.25, 0.3) is 0 Å². The minimum Gasteiger partial charge on any atom is -0.306 e. The molecule has 0 aromatic carbocycles. The van der Waals surface area contributed by atoms with Crippen LogP contribution in [0.5, 0.6) is 0 Å². The van der Waals surface area contributed by atoms with E-state index in [1.165, 1.54) is 128 Å². The summed E-state index contributed by atoms with van der Waals surface area (Å²) in [4.78, 5) is 2.49. The van der Waals surface area contributed by atoms with Crippen LogP contribution in [0.3, 0.4) is 0 Å². The predicted molar refractivity (Wildman–Crippen MR) is 142 cm³/mol. The summed E-state index contributed by atoms with van der Waals surface area (Å²) in [5.74, 6) is 2.24. The fraction of sp³-hybridized carbons (Fsp3) is 1.00. The molecule has 0 N–H and O–H groups in total. The van der Waals surface area contributed by atoms with Gasteiger partial charge in [-0.3, -0.25) is 0 Å². The molecule has 186 valence electrons. The van der Waals surface area contributed by atoms with Crippen LogP contribution >= 0.6 is 0 Å². The van der Waals surface area contributed by atoms with Gasteiger partial charge in [-0.05, 0) is 45.2 Å². The van der Waals surface area contributed by atoms with Gasteiger partial charge in [0, 0.05) is 6.04 Å². The second-order valence-electron chi connectivity index (χ2n) is 11.2. The zero-order chi connectivity index (χ0) is 22.6. The zero-order valence-electron chi connectivity index (χ0n) is 22.4. The molecule has 0 spiro atoms. The lowest BCUT2D eigenvalue weighted by Gasteiger charge is -2.24. The van der Waals surface area contributed by atoms with Crippen molar-refractivity contribution >= 4 is 0 Å². The number of rotatable bonds is 24. The van der Waals surface area contributed by atoms with Crippen molar-refractivity contribution < 1.29 is 0 Å². The van der Waals surface area contributed by atoms with E-state index in [4.69, 9.17) is 0 Å². The van der Waals surface area contributed by atoms with E-state index in [9.17, 15) is 0 Å². The largest absolute Gasteiger partial charge is 0.306 e. The Bertz CT molecular complexity index is 363. The average Bonchev–Trinajstić information content (AvgIpc) is 3.51. The molecule has 1 fully saturated rings. The topological polar surface area (TPSA) is 3.24 Å². The van der Waals surface area contributed by atoms with E-state index in [2.05, 4.69) is 32.8 Å². The first-order valence-corrected chi connectivity index (χ1v) is 14.8. The highest BCUT2D eigenvalue weighted by Gasteiger charge is 2.34. The molecule has 0 radical (unpaired) electrons. The van der Waals surface area contributed by atoms with Crippen molar-refractivity contribution in [1.82, 2.24) is 4.90 Å². The molecule has 0 bridgehead atoms. The molecule has 0 heterocycles. The van der Waals surface area contributed by atoms with Crippen molar-refractivity contribution in [2.45, 2.75) is 168 Å². The molecule has 1 aliphatic rings. The molecule has 1 nitrogen and oxygen atoms in total. The number of hydrogen-bond donors (Lipinski definition) is 0. The van der Waals surface area contributed by atoms with Crippen LogP contribution in [0.2, 0.25) is 0 Å². The van der Waals surface area contributed by atoms with Crippen molar-refractivity contribution in [3.63, 3.8) is 0 Å². The first-order chi connectivity index (χ1) is 15.2. The third kappa shape index (κ3) is 17.1. The van der Waals surface area contributed by atoms with E-state index in [-0.39, 0.29) is 0 Å². The van der Waals surface area contributed by atoms with Gasteiger partial charge in [0.2, 0.25) is 0 Å². The van der Waals surface area contributed by atoms with E-state index in [1.807, 2.05) is 0 Å². The van der Waals surface area contributed by atoms with Crippen molar-refractivity contribution in [2.24, 2.45) is 11.8 Å². The second kappa shape index (κ2) is 20.6. The molecule has 1 aliphatic carbocycles. The Balaban J connectivity index is 1.87. The summed E-state index contributed by atoms with van der Waals surface area (Å²) in [7, 11) is 4.59. The van der Waals surface area contributed by atoms with Gasteiger partial charge in [0.05, 0.1) is 0 Å². The molecular formula is C30H61N. The minimum absolute atomic E-state index is 0.824. The Kier molecular flexibility index (Phi) is 19.2. The van der Waals surface area contributed by atoms with Crippen molar-refractivity contribution in [3.05, 3.63) is 0 Å². The third-order valence-electron chi connectivity index (χ3n) is 7.98. The van der Waals surface area contributed by atoms with Gasteiger partial charge >= 0.3 is 0 Å². The molecule has 0 aliphatic heterocycles. The molecule has 31 heavy (non-hydrogen) atoms. The molecule has 0 aromatic rings. The van der Waals surface area contributed by atoms with Crippen molar-refractivity contribution in [3.8, 4) is 0 Å². The molecule has 1 unspecified atom stereocenters. The standard InChI is InChI=1S/C30H61N/c1-5-7-9-11-13-17-21-25-30(31(3)4)26-22-18-14-16-20-24-29-27-28(29)23-19-15-12-10-8-6-2/h28-30H,5-27H2,1-4H3/t28-,29+,30?/m1/s1. The lowest BCUT2D eigenvalue weighted by Crippen LogP contribution is -2.27. The summed E-state index contributed by atoms with van der Waals surface area (Å²) in [5, 5.41) is 0. The van der Waals surface area contributed by atoms with Crippen LogP contribution in [0, 0.1) is 11.8 Å². The molecule has 1 rings (SSSR count). The van der Waals surface area contributed by atoms with E-state index in [0.29, 0.717) is 0 Å². The van der Waals surface area contributed by atoms with Crippen LogP contribution in [0.25, 0.3) is 0 Å². The maximum absolute atomic E-state index is 2.49. The van der Waals surface area contributed by atoms with Crippen LogP contribution in [-0.4, -0.2) is 25.0 Å². The smallest absolute Gasteiger partial charge is 0.00891 e. The summed E-state index contributed by atoms with van der Waals surface area (Å²) in [6, 6.07) is 0.824. The lowest BCUT2D eigenvalue weighted by molar-refractivity contribution is 0.251. The van der Waals surface area contributed by atoms with E-state index in [0.717, 1.165) is 17.9 Å². The Morgan fingerprint density at radius 2 is 0.871 bits per heavy atom. The molecule has 0 saturated heterocycles. The Morgan fingerprint density at radius 1 is 0.516 bits per heavy atom. The van der Waals surface area contributed by atoms with Gasteiger partial charge < -0.3 is 4.90 Å². The van der Waals surface area contributed by atoms with Gasteiger partial charge in [0.15, 0.2) is 0 Å². The van der Waals surface area contributed by atoms with Crippen LogP contribution in [0.1, 0.15) is 162 Å². The molecule has 3 atom stereocenters. The highest BCUT2D eigenvalue weighted by atomic mass is 15.1. The van der Waals surface area contributed by atoms with Crippen LogP contribution in [-0.2, 0) is 0 Å². The molecule has 0 amide bonds. The number of unbranched alkanes of at least 4 members (excludes halogenated alkanes) is 15. The molecular weight excluding hydrogens is 374 g/mol. The van der Waals surface area contributed by atoms with E-state index >= 15 is 0 Å². The molecule has 0 aromatic heterocycles. The van der Waals surface area contributed by atoms with Crippen LogP contribution < -0.4 is 0 Å². The van der Waals surface area contributed by atoms with Crippen LogP contribution in [0.4, 0.5) is 0 Å². The Labute approximate surface area is 198 Å². The molecule has 1 heteroatoms. The summed E-state index contributed by atoms with van der Waals surface area (Å²) in [6.07, 6.45) is 33.7. The van der Waals surface area contributed by atoms with Gasteiger partial charge in [-0.2, -0.15) is 0 Å². The zero-order valence-corrected chi connectivity index (χ0v) is 22.4. The van der Waals surface area contributed by atoms with Gasteiger partial charge in [0.1, 0.15) is 0 Å². The highest BCUT2D eigenvalue weighted by Crippen LogP contribution is 2.45. The maximum atomic E-state index is 2.49. The normalized spacial score (nSPS) is 19.3. The number of nitrogens with zero attached hydrogens (tertiary/aromatic N) is 1. The lowest BCUT2D eigenvalue weighted by atomic mass is 9.99. The second-order valence-corrected chi connectivity index (χ2v) is 11.2. The Morgan fingerprint density at radius 3 is 1.26 bits per heavy atom.